The summed E-state index contributed by atoms with van der Waals surface area (Å²) < 4.78 is 2.60. The second kappa shape index (κ2) is 13.8. The molecule has 0 spiro atoms. The van der Waals surface area contributed by atoms with Gasteiger partial charge in [-0.25, -0.2) is 0 Å². The van der Waals surface area contributed by atoms with Crippen LogP contribution in [0.4, 0.5) is 0 Å². The molecule has 1 heterocycles. The van der Waals surface area contributed by atoms with E-state index in [0.717, 1.165) is 56.7 Å². The lowest BCUT2D eigenvalue weighted by molar-refractivity contribution is 0.704. The fourth-order valence-electron chi connectivity index (χ4n) is 7.90. The Morgan fingerprint density at radius 3 is 2.10 bits per heavy atom. The minimum atomic E-state index is -0.165. The molecule has 0 nitrogen and oxygen atoms in total. The monoisotopic (exact) mass is 686 g/mol. The van der Waals surface area contributed by atoms with Gasteiger partial charge in [-0.15, -0.1) is 11.3 Å². The van der Waals surface area contributed by atoms with Gasteiger partial charge in [0.2, 0.25) is 0 Å². The summed E-state index contributed by atoms with van der Waals surface area (Å²) in [7, 11) is 0. The highest BCUT2D eigenvalue weighted by atomic mass is 32.1. The van der Waals surface area contributed by atoms with Crippen LogP contribution in [0.2, 0.25) is 0 Å². The van der Waals surface area contributed by atoms with Crippen molar-refractivity contribution in [3.63, 3.8) is 0 Å². The zero-order valence-electron chi connectivity index (χ0n) is 30.0. The smallest absolute Gasteiger partial charge is 0.0361 e. The predicted molar refractivity (Wildman–Crippen MR) is 229 cm³/mol. The zero-order chi connectivity index (χ0) is 35.8. The standard InChI is InChI=1S/C51H42S/c1-6-36(37-20-10-9-11-21-37)30-34(2)39-23-12-7-8-13-24-40(42-26-16-15-25-41(39)42)35(3)44-32-46-43-27-17-19-29-49(43)52-50(46)33-45(44)48-31-38-22-14-18-28-47(38)51(48,4)5/h6,9-33H,1-3,7-8H2,4-5H3/b23-12?,24-13+,36-30+,41-39?,42-40+. The van der Waals surface area contributed by atoms with E-state index in [1.807, 2.05) is 23.5 Å². The van der Waals surface area contributed by atoms with Gasteiger partial charge in [0, 0.05) is 25.6 Å². The molecule has 8 rings (SSSR count). The van der Waals surface area contributed by atoms with Crippen LogP contribution < -0.4 is 10.4 Å². The maximum Gasteiger partial charge on any atom is 0.0361 e. The SMILES string of the molecule is C=C/C(=C\C(=C)C1=c2cccc/c2=C(C(=C)c2cc3c(cc2C2=Cc4ccccc4C2(C)C)sc2ccccc23)/C=C/CCC=C1)c1ccccc1. The third kappa shape index (κ3) is 5.92. The second-order valence-corrected chi connectivity index (χ2v) is 15.3. The average Bonchev–Trinajstić information content (AvgIpc) is 3.68. The largest absolute Gasteiger partial charge is 0.135 e. The van der Waals surface area contributed by atoms with Crippen LogP contribution in [-0.2, 0) is 5.41 Å². The number of fused-ring (bicyclic) bond motifs is 5. The Hall–Kier alpha value is -5.76. The van der Waals surface area contributed by atoms with E-state index >= 15 is 0 Å². The third-order valence-electron chi connectivity index (χ3n) is 10.6. The van der Waals surface area contributed by atoms with E-state index in [0.29, 0.717) is 0 Å². The summed E-state index contributed by atoms with van der Waals surface area (Å²) in [6, 6.07) is 41.6. The molecule has 0 radical (unpaired) electrons. The molecule has 252 valence electrons. The molecule has 0 saturated carbocycles. The number of rotatable bonds is 7. The van der Waals surface area contributed by atoms with E-state index in [1.54, 1.807) is 0 Å². The van der Waals surface area contributed by atoms with Crippen LogP contribution in [0.3, 0.4) is 0 Å². The molecule has 0 fully saturated rings. The van der Waals surface area contributed by atoms with Gasteiger partial charge in [0.05, 0.1) is 0 Å². The van der Waals surface area contributed by atoms with E-state index in [2.05, 4.69) is 173 Å². The summed E-state index contributed by atoms with van der Waals surface area (Å²) in [5.74, 6) is 0. The molecule has 0 unspecified atom stereocenters. The van der Waals surface area contributed by atoms with Gasteiger partial charge in [-0.1, -0.05) is 161 Å². The Morgan fingerprint density at radius 1 is 0.692 bits per heavy atom. The third-order valence-corrected chi connectivity index (χ3v) is 11.8. The Morgan fingerprint density at radius 2 is 1.35 bits per heavy atom. The molecule has 52 heavy (non-hydrogen) atoms. The highest BCUT2D eigenvalue weighted by molar-refractivity contribution is 7.25. The zero-order valence-corrected chi connectivity index (χ0v) is 30.8. The summed E-state index contributed by atoms with van der Waals surface area (Å²) >= 11 is 1.87. The van der Waals surface area contributed by atoms with Gasteiger partial charge in [0.25, 0.3) is 0 Å². The summed E-state index contributed by atoms with van der Waals surface area (Å²) in [5, 5.41) is 4.84. The molecule has 2 aliphatic rings. The fourth-order valence-corrected chi connectivity index (χ4v) is 9.03. The van der Waals surface area contributed by atoms with Crippen molar-refractivity contribution in [2.45, 2.75) is 32.1 Å². The number of hydrogen-bond acceptors (Lipinski definition) is 1. The van der Waals surface area contributed by atoms with Crippen molar-refractivity contribution >= 4 is 65.5 Å². The first-order chi connectivity index (χ1) is 25.3. The van der Waals surface area contributed by atoms with E-state index < -0.39 is 0 Å². The number of benzene rings is 5. The summed E-state index contributed by atoms with van der Waals surface area (Å²) in [5.41, 5.74) is 12.6. The topological polar surface area (TPSA) is 0 Å². The highest BCUT2D eigenvalue weighted by Crippen LogP contribution is 2.50. The molecule has 0 bridgehead atoms. The van der Waals surface area contributed by atoms with Gasteiger partial charge in [0.15, 0.2) is 0 Å². The lowest BCUT2D eigenvalue weighted by Gasteiger charge is -2.27. The Kier molecular flexibility index (Phi) is 8.83. The van der Waals surface area contributed by atoms with Gasteiger partial charge < -0.3 is 0 Å². The van der Waals surface area contributed by atoms with Crippen molar-refractivity contribution in [1.29, 1.82) is 0 Å². The fraction of sp³-hybridized carbons (Fsp3) is 0.0980. The summed E-state index contributed by atoms with van der Waals surface area (Å²) in [6.07, 6.45) is 17.5. The van der Waals surface area contributed by atoms with Crippen LogP contribution in [0.25, 0.3) is 54.1 Å². The molecule has 0 saturated heterocycles. The van der Waals surface area contributed by atoms with Crippen LogP contribution in [0.15, 0.2) is 177 Å². The Labute approximate surface area is 311 Å². The molecule has 6 aromatic rings. The van der Waals surface area contributed by atoms with Crippen LogP contribution in [0.1, 0.15) is 54.5 Å². The molecule has 0 aliphatic heterocycles. The Bertz CT molecular complexity index is 2680. The quantitative estimate of drug-likeness (QED) is 0.147. The van der Waals surface area contributed by atoms with E-state index in [-0.39, 0.29) is 5.41 Å². The first kappa shape index (κ1) is 33.4. The summed E-state index contributed by atoms with van der Waals surface area (Å²) in [6.45, 7) is 18.5. The average molecular weight is 687 g/mol. The van der Waals surface area contributed by atoms with Crippen molar-refractivity contribution in [2.24, 2.45) is 0 Å². The summed E-state index contributed by atoms with van der Waals surface area (Å²) in [4.78, 5) is 0. The van der Waals surface area contributed by atoms with Crippen molar-refractivity contribution in [3.8, 4) is 0 Å². The van der Waals surface area contributed by atoms with Gasteiger partial charge in [-0.3, -0.25) is 0 Å². The molecule has 5 aromatic carbocycles. The number of allylic oxidation sites excluding steroid dienone is 10. The maximum atomic E-state index is 4.96. The number of thiophene rings is 1. The first-order valence-electron chi connectivity index (χ1n) is 18.1. The van der Waals surface area contributed by atoms with Crippen LogP contribution in [-0.4, -0.2) is 0 Å². The van der Waals surface area contributed by atoms with Crippen LogP contribution >= 0.6 is 11.3 Å². The molecular formula is C51H42S. The lowest BCUT2D eigenvalue weighted by Crippen LogP contribution is -2.29. The van der Waals surface area contributed by atoms with Gasteiger partial charge in [0.1, 0.15) is 0 Å². The normalized spacial score (nSPS) is 17.0. The minimum absolute atomic E-state index is 0.165. The first-order valence-corrected chi connectivity index (χ1v) is 18.9. The van der Waals surface area contributed by atoms with Crippen molar-refractivity contribution in [3.05, 3.63) is 215 Å². The van der Waals surface area contributed by atoms with Crippen LogP contribution in [0.5, 0.6) is 0 Å². The molecule has 1 heteroatoms. The van der Waals surface area contributed by atoms with E-state index in [4.69, 9.17) is 6.58 Å². The lowest BCUT2D eigenvalue weighted by atomic mass is 9.76. The second-order valence-electron chi connectivity index (χ2n) is 14.2. The molecule has 0 N–H and O–H groups in total. The van der Waals surface area contributed by atoms with E-state index in [1.165, 1.54) is 48.0 Å². The van der Waals surface area contributed by atoms with Crippen molar-refractivity contribution in [2.75, 3.05) is 0 Å². The predicted octanol–water partition coefficient (Wildman–Crippen LogP) is 12.6. The van der Waals surface area contributed by atoms with Crippen LogP contribution in [0, 0.1) is 0 Å². The Balaban J connectivity index is 1.40. The molecule has 2 aliphatic carbocycles. The molecular weight excluding hydrogens is 645 g/mol. The van der Waals surface area contributed by atoms with Crippen molar-refractivity contribution < 1.29 is 0 Å². The number of hydrogen-bond donors (Lipinski definition) is 0. The van der Waals surface area contributed by atoms with Gasteiger partial charge >= 0.3 is 0 Å². The molecule has 1 aromatic heterocycles. The van der Waals surface area contributed by atoms with Gasteiger partial charge in [-0.05, 0) is 115 Å². The maximum absolute atomic E-state index is 4.96. The molecule has 0 atom stereocenters. The van der Waals surface area contributed by atoms with Gasteiger partial charge in [-0.2, -0.15) is 0 Å². The van der Waals surface area contributed by atoms with Crippen molar-refractivity contribution in [1.82, 2.24) is 0 Å². The highest BCUT2D eigenvalue weighted by Gasteiger charge is 2.35. The minimum Gasteiger partial charge on any atom is -0.135 e. The molecule has 0 amide bonds. The van der Waals surface area contributed by atoms with E-state index in [9.17, 15) is 0 Å².